The van der Waals surface area contributed by atoms with Crippen LogP contribution in [0.1, 0.15) is 11.3 Å². The number of aryl methyl sites for hydroxylation is 1. The summed E-state index contributed by atoms with van der Waals surface area (Å²) < 4.78 is 15.6. The lowest BCUT2D eigenvalue weighted by Crippen LogP contribution is -2.23. The predicted octanol–water partition coefficient (Wildman–Crippen LogP) is 4.87. The van der Waals surface area contributed by atoms with Crippen molar-refractivity contribution in [3.63, 3.8) is 0 Å². The molecule has 0 bridgehead atoms. The first-order chi connectivity index (χ1) is 14.0. The molecule has 0 spiro atoms. The molecule has 2 heterocycles. The molecule has 6 nitrogen and oxygen atoms in total. The fraction of sp³-hybridized carbons (Fsp3) is 0.158. The van der Waals surface area contributed by atoms with Crippen LogP contribution in [0.5, 0.6) is 0 Å². The van der Waals surface area contributed by atoms with Crippen molar-refractivity contribution in [1.82, 2.24) is 9.55 Å². The highest BCUT2D eigenvalue weighted by molar-refractivity contribution is 7.99. The summed E-state index contributed by atoms with van der Waals surface area (Å²) in [6.07, 6.45) is 0.685. The van der Waals surface area contributed by atoms with E-state index in [-0.39, 0.29) is 17.0 Å². The van der Waals surface area contributed by atoms with Crippen LogP contribution in [0.25, 0.3) is 5.69 Å². The van der Waals surface area contributed by atoms with E-state index in [1.54, 1.807) is 6.07 Å². The Kier molecular flexibility index (Phi) is 5.62. The summed E-state index contributed by atoms with van der Waals surface area (Å²) in [6, 6.07) is 10.2. The minimum Gasteiger partial charge on any atom is -0.268 e. The Bertz CT molecular complexity index is 1150. The summed E-state index contributed by atoms with van der Waals surface area (Å²) in [7, 11) is 0. The van der Waals surface area contributed by atoms with Crippen molar-refractivity contribution in [2.24, 2.45) is 0 Å². The Balaban J connectivity index is 1.78. The molecule has 10 heteroatoms. The van der Waals surface area contributed by atoms with Crippen LogP contribution >= 0.6 is 35.1 Å². The minimum absolute atomic E-state index is 0.0716. The van der Waals surface area contributed by atoms with Crippen molar-refractivity contribution in [2.75, 3.05) is 5.75 Å². The maximum Gasteiger partial charge on any atom is 0.272 e. The number of aromatic nitrogens is 2. The Morgan fingerprint density at radius 2 is 2.03 bits per heavy atom. The molecule has 0 saturated heterocycles. The standard InChI is InChI=1S/C19H13ClFN3O3S2/c20-14-2-1-3-15(21)13(14)10-29-19-22-16-8-9-28-17(16)18(25)23(19)11-4-6-12(7-5-11)24(26)27/h1-7H,8-10H2. The number of fused-ring (bicyclic) bond motifs is 1. The van der Waals surface area contributed by atoms with Gasteiger partial charge in [0.05, 0.1) is 21.2 Å². The summed E-state index contributed by atoms with van der Waals surface area (Å²) >= 11 is 8.76. The summed E-state index contributed by atoms with van der Waals surface area (Å²) in [4.78, 5) is 28.7. The van der Waals surface area contributed by atoms with E-state index >= 15 is 0 Å². The largest absolute Gasteiger partial charge is 0.272 e. The van der Waals surface area contributed by atoms with Gasteiger partial charge >= 0.3 is 0 Å². The normalized spacial score (nSPS) is 12.8. The smallest absolute Gasteiger partial charge is 0.268 e. The number of benzene rings is 2. The first kappa shape index (κ1) is 19.9. The number of rotatable bonds is 5. The number of nitrogens with zero attached hydrogens (tertiary/aromatic N) is 3. The molecule has 3 aromatic rings. The third-order valence-corrected chi connectivity index (χ3v) is 6.82. The summed E-state index contributed by atoms with van der Waals surface area (Å²) in [5, 5.41) is 11.6. The fourth-order valence-corrected chi connectivity index (χ4v) is 5.34. The Morgan fingerprint density at radius 1 is 1.28 bits per heavy atom. The molecule has 4 rings (SSSR count). The second-order valence-corrected chi connectivity index (χ2v) is 8.63. The Labute approximate surface area is 178 Å². The van der Waals surface area contributed by atoms with E-state index in [1.807, 2.05) is 0 Å². The zero-order valence-corrected chi connectivity index (χ0v) is 17.2. The molecular formula is C19H13ClFN3O3S2. The van der Waals surface area contributed by atoms with Gasteiger partial charge in [-0.1, -0.05) is 29.4 Å². The van der Waals surface area contributed by atoms with Gasteiger partial charge in [0, 0.05) is 40.6 Å². The van der Waals surface area contributed by atoms with Crippen LogP contribution in [-0.4, -0.2) is 20.2 Å². The molecule has 0 unspecified atom stereocenters. The van der Waals surface area contributed by atoms with Crippen molar-refractivity contribution < 1.29 is 9.31 Å². The van der Waals surface area contributed by atoms with Crippen LogP contribution in [0.2, 0.25) is 5.02 Å². The van der Waals surface area contributed by atoms with E-state index in [0.717, 1.165) is 11.4 Å². The monoisotopic (exact) mass is 449 g/mol. The van der Waals surface area contributed by atoms with E-state index in [2.05, 4.69) is 4.98 Å². The molecule has 0 saturated carbocycles. The van der Waals surface area contributed by atoms with Gasteiger partial charge in [0.2, 0.25) is 0 Å². The van der Waals surface area contributed by atoms with Gasteiger partial charge in [-0.15, -0.1) is 11.8 Å². The van der Waals surface area contributed by atoms with Gasteiger partial charge in [0.1, 0.15) is 5.82 Å². The maximum atomic E-state index is 14.1. The molecule has 0 amide bonds. The van der Waals surface area contributed by atoms with Gasteiger partial charge in [-0.2, -0.15) is 0 Å². The molecule has 0 atom stereocenters. The van der Waals surface area contributed by atoms with Crippen molar-refractivity contribution in [2.45, 2.75) is 22.2 Å². The van der Waals surface area contributed by atoms with Gasteiger partial charge in [-0.05, 0) is 24.3 Å². The zero-order chi connectivity index (χ0) is 20.5. The number of thioether (sulfide) groups is 2. The fourth-order valence-electron chi connectivity index (χ4n) is 2.95. The van der Waals surface area contributed by atoms with E-state index in [1.165, 1.54) is 64.5 Å². The van der Waals surface area contributed by atoms with Gasteiger partial charge in [-0.3, -0.25) is 19.5 Å². The van der Waals surface area contributed by atoms with E-state index in [9.17, 15) is 19.3 Å². The molecule has 29 heavy (non-hydrogen) atoms. The first-order valence-corrected chi connectivity index (χ1v) is 10.9. The second-order valence-electron chi connectivity index (χ2n) is 6.17. The van der Waals surface area contributed by atoms with E-state index < -0.39 is 10.7 Å². The molecule has 0 aliphatic carbocycles. The Morgan fingerprint density at radius 3 is 2.72 bits per heavy atom. The molecule has 148 valence electrons. The van der Waals surface area contributed by atoms with Crippen molar-refractivity contribution in [1.29, 1.82) is 0 Å². The summed E-state index contributed by atoms with van der Waals surface area (Å²) in [5.41, 5.74) is 1.22. The molecule has 0 N–H and O–H groups in total. The average molecular weight is 450 g/mol. The van der Waals surface area contributed by atoms with Crippen molar-refractivity contribution in [3.8, 4) is 5.69 Å². The zero-order valence-electron chi connectivity index (χ0n) is 14.8. The van der Waals surface area contributed by atoms with Crippen molar-refractivity contribution in [3.05, 3.63) is 85.0 Å². The third kappa shape index (κ3) is 3.90. The molecule has 1 aliphatic rings. The Hall–Kier alpha value is -2.36. The van der Waals surface area contributed by atoms with E-state index in [0.29, 0.717) is 32.7 Å². The highest BCUT2D eigenvalue weighted by atomic mass is 35.5. The molecular weight excluding hydrogens is 437 g/mol. The number of non-ortho nitro benzene ring substituents is 1. The lowest BCUT2D eigenvalue weighted by atomic mass is 10.2. The highest BCUT2D eigenvalue weighted by Gasteiger charge is 2.23. The lowest BCUT2D eigenvalue weighted by molar-refractivity contribution is -0.384. The van der Waals surface area contributed by atoms with Crippen LogP contribution in [0.4, 0.5) is 10.1 Å². The van der Waals surface area contributed by atoms with Crippen LogP contribution in [0, 0.1) is 15.9 Å². The molecule has 0 fully saturated rings. The molecule has 0 radical (unpaired) electrons. The van der Waals surface area contributed by atoms with Gasteiger partial charge in [-0.25, -0.2) is 9.37 Å². The number of nitro benzene ring substituents is 1. The second kappa shape index (κ2) is 8.17. The minimum atomic E-state index is -0.501. The quantitative estimate of drug-likeness (QED) is 0.239. The van der Waals surface area contributed by atoms with Gasteiger partial charge in [0.15, 0.2) is 5.16 Å². The summed E-state index contributed by atoms with van der Waals surface area (Å²) in [6.45, 7) is 0. The van der Waals surface area contributed by atoms with Crippen LogP contribution in [0.15, 0.2) is 57.3 Å². The number of hydrogen-bond acceptors (Lipinski definition) is 6. The number of hydrogen-bond donors (Lipinski definition) is 0. The van der Waals surface area contributed by atoms with Gasteiger partial charge < -0.3 is 0 Å². The van der Waals surface area contributed by atoms with Gasteiger partial charge in [0.25, 0.3) is 11.2 Å². The number of nitro groups is 1. The van der Waals surface area contributed by atoms with Crippen molar-refractivity contribution >= 4 is 40.8 Å². The topological polar surface area (TPSA) is 78.0 Å². The molecule has 2 aromatic carbocycles. The molecule has 1 aromatic heterocycles. The average Bonchev–Trinajstić information content (AvgIpc) is 3.17. The maximum absolute atomic E-state index is 14.1. The SMILES string of the molecule is O=c1c2c(nc(SCc3c(F)cccc3Cl)n1-c1ccc([N+](=O)[O-])cc1)CCS2. The highest BCUT2D eigenvalue weighted by Crippen LogP contribution is 2.32. The van der Waals surface area contributed by atoms with E-state index in [4.69, 9.17) is 11.6 Å². The molecule has 1 aliphatic heterocycles. The predicted molar refractivity (Wildman–Crippen MR) is 112 cm³/mol. The van der Waals surface area contributed by atoms with Crippen LogP contribution in [-0.2, 0) is 12.2 Å². The first-order valence-electron chi connectivity index (χ1n) is 8.55. The van der Waals surface area contributed by atoms with Crippen LogP contribution < -0.4 is 5.56 Å². The summed E-state index contributed by atoms with van der Waals surface area (Å²) in [5.74, 6) is 0.535. The third-order valence-electron chi connectivity index (χ3n) is 4.39. The number of halogens is 2. The lowest BCUT2D eigenvalue weighted by Gasteiger charge is -2.14. The van der Waals surface area contributed by atoms with Crippen LogP contribution in [0.3, 0.4) is 0 Å².